The molecule has 0 aliphatic heterocycles. The lowest BCUT2D eigenvalue weighted by Gasteiger charge is -2.19. The molecule has 0 aliphatic carbocycles. The second kappa shape index (κ2) is 6.57. The summed E-state index contributed by atoms with van der Waals surface area (Å²) in [7, 11) is 3.39. The van der Waals surface area contributed by atoms with Gasteiger partial charge in [0.2, 0.25) is 0 Å². The molecule has 2 rings (SSSR count). The van der Waals surface area contributed by atoms with Crippen LogP contribution in [0.4, 0.5) is 4.39 Å². The molecule has 0 spiro atoms. The topological polar surface area (TPSA) is 21.3 Å². The van der Waals surface area contributed by atoms with Crippen molar-refractivity contribution in [3.05, 3.63) is 62.8 Å². The minimum atomic E-state index is -0.275. The third-order valence-electron chi connectivity index (χ3n) is 3.07. The maximum absolute atomic E-state index is 13.5. The Morgan fingerprint density at radius 2 is 2.00 bits per heavy atom. The Morgan fingerprint density at radius 3 is 2.60 bits per heavy atom. The zero-order valence-corrected chi connectivity index (χ0v) is 13.4. The molecule has 0 radical (unpaired) electrons. The molecule has 1 atom stereocenters. The van der Waals surface area contributed by atoms with Crippen molar-refractivity contribution in [1.82, 2.24) is 5.32 Å². The van der Waals surface area contributed by atoms with Gasteiger partial charge in [0, 0.05) is 4.47 Å². The molecular weight excluding hydrogens is 345 g/mol. The van der Waals surface area contributed by atoms with E-state index in [-0.39, 0.29) is 11.9 Å². The maximum atomic E-state index is 13.5. The lowest BCUT2D eigenvalue weighted by molar-refractivity contribution is 0.414. The zero-order chi connectivity index (χ0) is 14.7. The normalized spacial score (nSPS) is 12.2. The van der Waals surface area contributed by atoms with E-state index in [0.29, 0.717) is 10.8 Å². The lowest BCUT2D eigenvalue weighted by Crippen LogP contribution is -2.18. The molecule has 5 heteroatoms. The highest BCUT2D eigenvalue weighted by atomic mass is 79.9. The van der Waals surface area contributed by atoms with Crippen molar-refractivity contribution in [2.45, 2.75) is 6.04 Å². The number of hydrogen-bond donors (Lipinski definition) is 1. The van der Waals surface area contributed by atoms with Crippen molar-refractivity contribution in [3.63, 3.8) is 0 Å². The molecule has 2 aromatic rings. The summed E-state index contributed by atoms with van der Waals surface area (Å²) < 4.78 is 19.4. The van der Waals surface area contributed by atoms with Crippen LogP contribution >= 0.6 is 27.5 Å². The fourth-order valence-electron chi connectivity index (χ4n) is 2.10. The highest BCUT2D eigenvalue weighted by Gasteiger charge is 2.17. The first-order chi connectivity index (χ1) is 9.56. The van der Waals surface area contributed by atoms with Gasteiger partial charge in [-0.15, -0.1) is 0 Å². The van der Waals surface area contributed by atoms with Crippen molar-refractivity contribution in [1.29, 1.82) is 0 Å². The molecule has 1 unspecified atom stereocenters. The summed E-state index contributed by atoms with van der Waals surface area (Å²) in [5, 5.41) is 3.70. The van der Waals surface area contributed by atoms with E-state index in [9.17, 15) is 4.39 Å². The average molecular weight is 359 g/mol. The van der Waals surface area contributed by atoms with E-state index in [1.54, 1.807) is 19.2 Å². The Labute approximate surface area is 131 Å². The smallest absolute Gasteiger partial charge is 0.137 e. The summed E-state index contributed by atoms with van der Waals surface area (Å²) in [6, 6.07) is 9.98. The van der Waals surface area contributed by atoms with Gasteiger partial charge in [-0.1, -0.05) is 33.6 Å². The Morgan fingerprint density at radius 1 is 1.25 bits per heavy atom. The molecule has 0 saturated carbocycles. The lowest BCUT2D eigenvalue weighted by atomic mass is 9.98. The summed E-state index contributed by atoms with van der Waals surface area (Å²) in [6.07, 6.45) is 0. The maximum Gasteiger partial charge on any atom is 0.137 e. The summed E-state index contributed by atoms with van der Waals surface area (Å²) in [6.45, 7) is 0. The van der Waals surface area contributed by atoms with Crippen LogP contribution in [0, 0.1) is 5.82 Å². The molecule has 20 heavy (non-hydrogen) atoms. The van der Waals surface area contributed by atoms with Crippen LogP contribution in [0.2, 0.25) is 5.02 Å². The van der Waals surface area contributed by atoms with Crippen LogP contribution in [0.15, 0.2) is 40.9 Å². The zero-order valence-electron chi connectivity index (χ0n) is 11.1. The van der Waals surface area contributed by atoms with E-state index in [4.69, 9.17) is 16.3 Å². The molecule has 0 fully saturated rings. The number of methoxy groups -OCH3 is 1. The number of nitrogens with one attached hydrogen (secondary N) is 1. The predicted molar refractivity (Wildman–Crippen MR) is 83.0 cm³/mol. The van der Waals surface area contributed by atoms with Crippen LogP contribution in [-0.4, -0.2) is 14.2 Å². The van der Waals surface area contributed by atoms with Gasteiger partial charge in [-0.2, -0.15) is 0 Å². The predicted octanol–water partition coefficient (Wildman–Crippen LogP) is 4.56. The third-order valence-corrected chi connectivity index (χ3v) is 4.08. The standard InChI is InChI=1S/C15H14BrClFNO/c1-19-15(11-8-10(18)4-5-12(11)16)9-3-6-14(20-2)13(17)7-9/h3-8,15,19H,1-2H3. The molecule has 2 nitrogen and oxygen atoms in total. The van der Waals surface area contributed by atoms with Gasteiger partial charge in [0.05, 0.1) is 18.2 Å². The van der Waals surface area contributed by atoms with Crippen LogP contribution in [0.1, 0.15) is 17.2 Å². The van der Waals surface area contributed by atoms with Gasteiger partial charge in [-0.25, -0.2) is 4.39 Å². The summed E-state index contributed by atoms with van der Waals surface area (Å²) in [5.41, 5.74) is 1.75. The van der Waals surface area contributed by atoms with Gasteiger partial charge in [0.15, 0.2) is 0 Å². The summed E-state index contributed by atoms with van der Waals surface area (Å²) >= 11 is 9.60. The molecule has 2 aromatic carbocycles. The van der Waals surface area contributed by atoms with Gasteiger partial charge in [-0.3, -0.25) is 0 Å². The third kappa shape index (κ3) is 3.14. The largest absolute Gasteiger partial charge is 0.495 e. The Kier molecular flexibility index (Phi) is 5.02. The molecule has 0 bridgehead atoms. The number of ether oxygens (including phenoxy) is 1. The van der Waals surface area contributed by atoms with E-state index < -0.39 is 0 Å². The Hall–Kier alpha value is -1.10. The van der Waals surface area contributed by atoms with Gasteiger partial charge in [0.1, 0.15) is 11.6 Å². The van der Waals surface area contributed by atoms with Crippen molar-refractivity contribution < 1.29 is 9.13 Å². The van der Waals surface area contributed by atoms with E-state index in [1.807, 2.05) is 19.2 Å². The Bertz CT molecular complexity index is 621. The molecular formula is C15H14BrClFNO. The second-order valence-corrected chi connectivity index (χ2v) is 5.54. The minimum Gasteiger partial charge on any atom is -0.495 e. The first kappa shape index (κ1) is 15.3. The quantitative estimate of drug-likeness (QED) is 0.865. The van der Waals surface area contributed by atoms with Crippen LogP contribution in [0.25, 0.3) is 0 Å². The fourth-order valence-corrected chi connectivity index (χ4v) is 2.84. The number of rotatable bonds is 4. The molecule has 106 valence electrons. The molecule has 0 aliphatic rings. The molecule has 0 amide bonds. The van der Waals surface area contributed by atoms with Crippen molar-refractivity contribution in [2.24, 2.45) is 0 Å². The van der Waals surface area contributed by atoms with Gasteiger partial charge < -0.3 is 10.1 Å². The number of hydrogen-bond acceptors (Lipinski definition) is 2. The summed E-state index contributed by atoms with van der Waals surface area (Å²) in [5.74, 6) is 0.339. The van der Waals surface area contributed by atoms with Gasteiger partial charge >= 0.3 is 0 Å². The van der Waals surface area contributed by atoms with Crippen LogP contribution in [0.3, 0.4) is 0 Å². The van der Waals surface area contributed by atoms with Crippen LogP contribution in [0.5, 0.6) is 5.75 Å². The highest BCUT2D eigenvalue weighted by molar-refractivity contribution is 9.10. The second-order valence-electron chi connectivity index (χ2n) is 4.28. The van der Waals surface area contributed by atoms with Crippen molar-refractivity contribution in [2.75, 3.05) is 14.2 Å². The Balaban J connectivity index is 2.46. The average Bonchev–Trinajstić information content (AvgIpc) is 2.44. The monoisotopic (exact) mass is 357 g/mol. The first-order valence-electron chi connectivity index (χ1n) is 6.02. The van der Waals surface area contributed by atoms with Crippen molar-refractivity contribution >= 4 is 27.5 Å². The molecule has 1 N–H and O–H groups in total. The number of benzene rings is 2. The van der Waals surface area contributed by atoms with E-state index in [2.05, 4.69) is 21.2 Å². The van der Waals surface area contributed by atoms with Crippen molar-refractivity contribution in [3.8, 4) is 5.75 Å². The molecule has 0 aromatic heterocycles. The minimum absolute atomic E-state index is 0.163. The first-order valence-corrected chi connectivity index (χ1v) is 7.19. The van der Waals surface area contributed by atoms with E-state index in [1.165, 1.54) is 12.1 Å². The SMILES string of the molecule is CNC(c1ccc(OC)c(Cl)c1)c1cc(F)ccc1Br. The van der Waals surface area contributed by atoms with E-state index >= 15 is 0 Å². The van der Waals surface area contributed by atoms with E-state index in [0.717, 1.165) is 15.6 Å². The van der Waals surface area contributed by atoms with Crippen LogP contribution < -0.4 is 10.1 Å². The van der Waals surface area contributed by atoms with Crippen LogP contribution in [-0.2, 0) is 0 Å². The summed E-state index contributed by atoms with van der Waals surface area (Å²) in [4.78, 5) is 0. The molecule has 0 heterocycles. The molecule has 0 saturated heterocycles. The van der Waals surface area contributed by atoms with Gasteiger partial charge in [-0.05, 0) is 48.5 Å². The number of halogens is 3. The van der Waals surface area contributed by atoms with Gasteiger partial charge in [0.25, 0.3) is 0 Å². The highest BCUT2D eigenvalue weighted by Crippen LogP contribution is 2.33. The fraction of sp³-hybridized carbons (Fsp3) is 0.200.